The highest BCUT2D eigenvalue weighted by Crippen LogP contribution is 2.21. The van der Waals surface area contributed by atoms with Gasteiger partial charge in [0.1, 0.15) is 11.5 Å². The molecule has 160 valence electrons. The fourth-order valence-electron chi connectivity index (χ4n) is 3.58. The van der Waals surface area contributed by atoms with Crippen LogP contribution in [0.5, 0.6) is 0 Å². The number of hydrogen-bond acceptors (Lipinski definition) is 6. The fourth-order valence-corrected chi connectivity index (χ4v) is 3.58. The molecule has 6 N–H and O–H groups in total. The first-order chi connectivity index (χ1) is 15.0. The maximum Gasteiger partial charge on any atom is 0.272 e. The van der Waals surface area contributed by atoms with Crippen molar-refractivity contribution in [2.75, 3.05) is 36.4 Å². The second-order valence-corrected chi connectivity index (χ2v) is 7.56. The Kier molecular flexibility index (Phi) is 5.90. The van der Waals surface area contributed by atoms with Gasteiger partial charge in [0.25, 0.3) is 5.91 Å². The van der Waals surface area contributed by atoms with Crippen molar-refractivity contribution in [2.24, 2.45) is 10.8 Å². The van der Waals surface area contributed by atoms with Crippen LogP contribution in [0.2, 0.25) is 0 Å². The number of hydrogen-bond donors (Lipinski definition) is 5. The Labute approximate surface area is 181 Å². The van der Waals surface area contributed by atoms with Crippen molar-refractivity contribution in [3.8, 4) is 0 Å². The number of hydrazone groups is 1. The van der Waals surface area contributed by atoms with E-state index in [4.69, 9.17) is 5.73 Å². The molecule has 0 atom stereocenters. The van der Waals surface area contributed by atoms with Gasteiger partial charge >= 0.3 is 0 Å². The molecule has 8 nitrogen and oxygen atoms in total. The van der Waals surface area contributed by atoms with Crippen LogP contribution in [0.1, 0.15) is 23.0 Å². The molecule has 2 aromatic carbocycles. The third kappa shape index (κ3) is 4.87. The molecular weight excluding hydrogens is 390 g/mol. The first kappa shape index (κ1) is 20.5. The first-order valence-corrected chi connectivity index (χ1v) is 10.2. The lowest BCUT2D eigenvalue weighted by Gasteiger charge is -2.29. The summed E-state index contributed by atoms with van der Waals surface area (Å²) in [4.78, 5) is 18.3. The van der Waals surface area contributed by atoms with Gasteiger partial charge in [0.05, 0.1) is 5.71 Å². The maximum atomic E-state index is 12.7. The molecule has 1 aromatic heterocycles. The standard InChI is InChI=1S/C23H27N7O/c1-15(28-29-16(2)24)17-3-8-21-18(13-17)14-22(27-21)23(31)26-19-4-6-20(7-5-19)30-11-9-25-10-12-30/h3-8,13-14,25,27,29H,2,9-12,24H2,1H3,(H,26,31)/b28-15+. The van der Waals surface area contributed by atoms with Crippen LogP contribution < -0.4 is 26.7 Å². The number of anilines is 2. The molecule has 0 radical (unpaired) electrons. The van der Waals surface area contributed by atoms with Crippen molar-refractivity contribution in [2.45, 2.75) is 6.92 Å². The van der Waals surface area contributed by atoms with Gasteiger partial charge in [0.15, 0.2) is 0 Å². The van der Waals surface area contributed by atoms with Crippen molar-refractivity contribution in [3.63, 3.8) is 0 Å². The van der Waals surface area contributed by atoms with Crippen molar-refractivity contribution in [1.82, 2.24) is 15.7 Å². The molecule has 31 heavy (non-hydrogen) atoms. The van der Waals surface area contributed by atoms with Gasteiger partial charge in [-0.3, -0.25) is 10.2 Å². The minimum atomic E-state index is -0.181. The lowest BCUT2D eigenvalue weighted by atomic mass is 10.1. The molecule has 1 aliphatic rings. The van der Waals surface area contributed by atoms with Crippen molar-refractivity contribution >= 4 is 33.9 Å². The van der Waals surface area contributed by atoms with E-state index >= 15 is 0 Å². The Hall–Kier alpha value is -3.78. The summed E-state index contributed by atoms with van der Waals surface area (Å²) in [5.74, 6) is 0.0983. The van der Waals surface area contributed by atoms with Gasteiger partial charge < -0.3 is 26.3 Å². The van der Waals surface area contributed by atoms with Gasteiger partial charge in [0, 0.05) is 48.5 Å². The Morgan fingerprint density at radius 1 is 1.13 bits per heavy atom. The summed E-state index contributed by atoms with van der Waals surface area (Å²) < 4.78 is 0. The number of piperazine rings is 1. The molecule has 1 aliphatic heterocycles. The molecule has 4 rings (SSSR count). The number of fused-ring (bicyclic) bond motifs is 1. The van der Waals surface area contributed by atoms with Crippen molar-refractivity contribution in [3.05, 3.63) is 72.2 Å². The Morgan fingerprint density at radius 3 is 2.58 bits per heavy atom. The SMILES string of the molecule is C=C(N)N/N=C(\C)c1ccc2[nH]c(C(=O)Nc3ccc(N4CCNCC4)cc3)cc2c1. The van der Waals surface area contributed by atoms with E-state index < -0.39 is 0 Å². The van der Waals surface area contributed by atoms with E-state index in [2.05, 4.69) is 37.6 Å². The molecule has 3 aromatic rings. The highest BCUT2D eigenvalue weighted by atomic mass is 16.1. The van der Waals surface area contributed by atoms with Gasteiger partial charge in [-0.05, 0) is 55.0 Å². The summed E-state index contributed by atoms with van der Waals surface area (Å²) in [5, 5.41) is 11.4. The number of carbonyl (C=O) groups excluding carboxylic acids is 1. The van der Waals surface area contributed by atoms with E-state index in [-0.39, 0.29) is 11.7 Å². The first-order valence-electron chi connectivity index (χ1n) is 10.2. The molecule has 1 fully saturated rings. The summed E-state index contributed by atoms with van der Waals surface area (Å²) >= 11 is 0. The zero-order chi connectivity index (χ0) is 21.8. The highest BCUT2D eigenvalue weighted by Gasteiger charge is 2.13. The number of carbonyl (C=O) groups is 1. The molecule has 0 spiro atoms. The minimum absolute atomic E-state index is 0.181. The van der Waals surface area contributed by atoms with Crippen LogP contribution in [0.25, 0.3) is 10.9 Å². The molecule has 0 bridgehead atoms. The summed E-state index contributed by atoms with van der Waals surface area (Å²) in [6, 6.07) is 15.7. The lowest BCUT2D eigenvalue weighted by molar-refractivity contribution is 0.102. The molecule has 0 unspecified atom stereocenters. The number of nitrogens with two attached hydrogens (primary N) is 1. The summed E-state index contributed by atoms with van der Waals surface area (Å²) in [5.41, 5.74) is 13.2. The molecule has 1 saturated heterocycles. The number of benzene rings is 2. The average Bonchev–Trinajstić information content (AvgIpc) is 3.22. The van der Waals surface area contributed by atoms with Crippen LogP contribution in [0.15, 0.2) is 66.0 Å². The number of aromatic amines is 1. The zero-order valence-corrected chi connectivity index (χ0v) is 17.5. The lowest BCUT2D eigenvalue weighted by Crippen LogP contribution is -2.43. The van der Waals surface area contributed by atoms with Gasteiger partial charge in [0.2, 0.25) is 0 Å². The van der Waals surface area contributed by atoms with E-state index in [0.29, 0.717) is 5.69 Å². The smallest absolute Gasteiger partial charge is 0.272 e. The fraction of sp³-hybridized carbons (Fsp3) is 0.217. The maximum absolute atomic E-state index is 12.7. The molecule has 0 aliphatic carbocycles. The monoisotopic (exact) mass is 417 g/mol. The number of H-pyrrole nitrogens is 1. The Bertz CT molecular complexity index is 1120. The van der Waals surface area contributed by atoms with Gasteiger partial charge in [-0.15, -0.1) is 0 Å². The normalized spacial score (nSPS) is 14.5. The predicted octanol–water partition coefficient (Wildman–Crippen LogP) is 2.57. The minimum Gasteiger partial charge on any atom is -0.385 e. The van der Waals surface area contributed by atoms with Gasteiger partial charge in [-0.1, -0.05) is 12.6 Å². The summed E-state index contributed by atoms with van der Waals surface area (Å²) in [6.45, 7) is 9.40. The number of aromatic nitrogens is 1. The van der Waals surface area contributed by atoms with E-state index in [1.807, 2.05) is 55.5 Å². The van der Waals surface area contributed by atoms with Crippen LogP contribution in [-0.2, 0) is 0 Å². The molecule has 2 heterocycles. The molecule has 8 heteroatoms. The second kappa shape index (κ2) is 8.93. The number of nitrogens with zero attached hydrogens (tertiary/aromatic N) is 2. The van der Waals surface area contributed by atoms with Gasteiger partial charge in [-0.2, -0.15) is 5.10 Å². The van der Waals surface area contributed by atoms with Crippen LogP contribution in [0, 0.1) is 0 Å². The number of rotatable bonds is 6. The third-order valence-electron chi connectivity index (χ3n) is 5.26. The molecule has 1 amide bonds. The van der Waals surface area contributed by atoms with Gasteiger partial charge in [-0.25, -0.2) is 0 Å². The summed E-state index contributed by atoms with van der Waals surface area (Å²) in [6.07, 6.45) is 0. The molecular formula is C23H27N7O. The van der Waals surface area contributed by atoms with Crippen LogP contribution in [-0.4, -0.2) is 42.8 Å². The van der Waals surface area contributed by atoms with Crippen LogP contribution in [0.3, 0.4) is 0 Å². The number of amides is 1. The van der Waals surface area contributed by atoms with E-state index in [1.54, 1.807) is 0 Å². The highest BCUT2D eigenvalue weighted by molar-refractivity contribution is 6.07. The number of nitrogens with one attached hydrogen (secondary N) is 4. The third-order valence-corrected chi connectivity index (χ3v) is 5.26. The van der Waals surface area contributed by atoms with E-state index in [1.165, 1.54) is 5.69 Å². The second-order valence-electron chi connectivity index (χ2n) is 7.56. The van der Waals surface area contributed by atoms with Crippen LogP contribution >= 0.6 is 0 Å². The zero-order valence-electron chi connectivity index (χ0n) is 17.5. The van der Waals surface area contributed by atoms with Crippen molar-refractivity contribution in [1.29, 1.82) is 0 Å². The van der Waals surface area contributed by atoms with E-state index in [9.17, 15) is 4.79 Å². The Balaban J connectivity index is 1.46. The van der Waals surface area contributed by atoms with Crippen LogP contribution in [0.4, 0.5) is 11.4 Å². The van der Waals surface area contributed by atoms with Crippen molar-refractivity contribution < 1.29 is 4.79 Å². The topological polar surface area (TPSA) is 111 Å². The molecule has 0 saturated carbocycles. The predicted molar refractivity (Wildman–Crippen MR) is 126 cm³/mol. The average molecular weight is 418 g/mol. The Morgan fingerprint density at radius 2 is 1.87 bits per heavy atom. The quantitative estimate of drug-likeness (QED) is 0.313. The van der Waals surface area contributed by atoms with E-state index in [0.717, 1.165) is 54.0 Å². The largest absolute Gasteiger partial charge is 0.385 e. The summed E-state index contributed by atoms with van der Waals surface area (Å²) in [7, 11) is 0.